The smallest absolute Gasteiger partial charge is 0.356 e. The molecule has 72 valence electrons. The number of thiophene rings is 1. The number of aromatic carboxylic acids is 1. The van der Waals surface area contributed by atoms with Crippen LogP contribution in [0.1, 0.15) is 10.5 Å². The molecular formula is C8H6N2O2S2. The van der Waals surface area contributed by atoms with Gasteiger partial charge in [0.25, 0.3) is 0 Å². The third-order valence-electron chi connectivity index (χ3n) is 1.59. The highest BCUT2D eigenvalue weighted by Crippen LogP contribution is 2.34. The van der Waals surface area contributed by atoms with Gasteiger partial charge >= 0.3 is 5.97 Å². The molecule has 0 aliphatic heterocycles. The van der Waals surface area contributed by atoms with Gasteiger partial charge in [0.1, 0.15) is 0 Å². The molecule has 0 unspecified atom stereocenters. The third kappa shape index (κ3) is 1.49. The van der Waals surface area contributed by atoms with Gasteiger partial charge in [-0.15, -0.1) is 11.3 Å². The second kappa shape index (κ2) is 3.39. The lowest BCUT2D eigenvalue weighted by molar-refractivity contribution is 0.0692. The number of nitrogen functional groups attached to an aromatic ring is 1. The second-order valence-electron chi connectivity index (χ2n) is 2.51. The number of hydrogen-bond donors (Lipinski definition) is 2. The SMILES string of the molecule is Nc1nc(C(=O)O)c(-c2cccs2)s1. The maximum atomic E-state index is 10.8. The van der Waals surface area contributed by atoms with Crippen molar-refractivity contribution in [3.63, 3.8) is 0 Å². The fourth-order valence-electron chi connectivity index (χ4n) is 1.06. The number of aromatic nitrogens is 1. The largest absolute Gasteiger partial charge is 0.476 e. The van der Waals surface area contributed by atoms with Crippen molar-refractivity contribution in [3.05, 3.63) is 23.2 Å². The van der Waals surface area contributed by atoms with Crippen molar-refractivity contribution in [2.75, 3.05) is 5.73 Å². The van der Waals surface area contributed by atoms with Crippen LogP contribution in [0.2, 0.25) is 0 Å². The first-order valence-electron chi connectivity index (χ1n) is 3.72. The number of carboxylic acids is 1. The fourth-order valence-corrected chi connectivity index (χ4v) is 2.73. The van der Waals surface area contributed by atoms with Crippen LogP contribution in [-0.4, -0.2) is 16.1 Å². The van der Waals surface area contributed by atoms with Gasteiger partial charge in [0.2, 0.25) is 0 Å². The average molecular weight is 226 g/mol. The van der Waals surface area contributed by atoms with Gasteiger partial charge in [-0.1, -0.05) is 17.4 Å². The predicted molar refractivity (Wildman–Crippen MR) is 56.8 cm³/mol. The molecule has 0 aromatic carbocycles. The normalized spacial score (nSPS) is 10.3. The monoisotopic (exact) mass is 226 g/mol. The lowest BCUT2D eigenvalue weighted by Gasteiger charge is -1.91. The average Bonchev–Trinajstić information content (AvgIpc) is 2.70. The first-order chi connectivity index (χ1) is 6.68. The van der Waals surface area contributed by atoms with E-state index in [4.69, 9.17) is 10.8 Å². The van der Waals surface area contributed by atoms with E-state index in [0.29, 0.717) is 4.88 Å². The van der Waals surface area contributed by atoms with Crippen molar-refractivity contribution < 1.29 is 9.90 Å². The van der Waals surface area contributed by atoms with Crippen LogP contribution in [-0.2, 0) is 0 Å². The van der Waals surface area contributed by atoms with Crippen molar-refractivity contribution in [1.29, 1.82) is 0 Å². The molecule has 0 saturated carbocycles. The van der Waals surface area contributed by atoms with Gasteiger partial charge in [-0.2, -0.15) is 0 Å². The van der Waals surface area contributed by atoms with Crippen LogP contribution in [0.25, 0.3) is 9.75 Å². The molecule has 0 aliphatic rings. The van der Waals surface area contributed by atoms with E-state index in [9.17, 15) is 4.79 Å². The van der Waals surface area contributed by atoms with Crippen molar-refractivity contribution >= 4 is 33.8 Å². The van der Waals surface area contributed by atoms with Crippen LogP contribution < -0.4 is 5.73 Å². The van der Waals surface area contributed by atoms with Crippen molar-refractivity contribution in [2.45, 2.75) is 0 Å². The fraction of sp³-hybridized carbons (Fsp3) is 0. The van der Waals surface area contributed by atoms with Crippen LogP contribution in [0.15, 0.2) is 17.5 Å². The lowest BCUT2D eigenvalue weighted by Crippen LogP contribution is -1.98. The second-order valence-corrected chi connectivity index (χ2v) is 4.49. The summed E-state index contributed by atoms with van der Waals surface area (Å²) >= 11 is 2.67. The Hall–Kier alpha value is -1.40. The summed E-state index contributed by atoms with van der Waals surface area (Å²) in [7, 11) is 0. The first-order valence-corrected chi connectivity index (χ1v) is 5.41. The molecule has 2 aromatic heterocycles. The van der Waals surface area contributed by atoms with Gasteiger partial charge in [-0.05, 0) is 11.4 Å². The summed E-state index contributed by atoms with van der Waals surface area (Å²) < 4.78 is 0. The molecule has 2 aromatic rings. The molecular weight excluding hydrogens is 220 g/mol. The van der Waals surface area contributed by atoms with Crippen LogP contribution in [0.5, 0.6) is 0 Å². The number of thiazole rings is 1. The third-order valence-corrected chi connectivity index (χ3v) is 3.53. The number of nitrogens with zero attached hydrogens (tertiary/aromatic N) is 1. The molecule has 0 radical (unpaired) electrons. The molecule has 2 heterocycles. The Labute approximate surface area is 87.6 Å². The van der Waals surface area contributed by atoms with E-state index in [1.165, 1.54) is 22.7 Å². The van der Waals surface area contributed by atoms with Gasteiger partial charge in [0.05, 0.1) is 4.88 Å². The molecule has 0 aliphatic carbocycles. The number of rotatable bonds is 2. The van der Waals surface area contributed by atoms with Gasteiger partial charge in [0.15, 0.2) is 10.8 Å². The van der Waals surface area contributed by atoms with Crippen LogP contribution in [0, 0.1) is 0 Å². The molecule has 14 heavy (non-hydrogen) atoms. The maximum Gasteiger partial charge on any atom is 0.356 e. The Bertz CT molecular complexity index is 462. The molecule has 0 fully saturated rings. The first kappa shape index (κ1) is 9.17. The highest BCUT2D eigenvalue weighted by molar-refractivity contribution is 7.23. The van der Waals surface area contributed by atoms with Crippen molar-refractivity contribution in [1.82, 2.24) is 4.98 Å². The summed E-state index contributed by atoms with van der Waals surface area (Å²) in [5.41, 5.74) is 5.51. The molecule has 0 saturated heterocycles. The standard InChI is InChI=1S/C8H6N2O2S2/c9-8-10-5(7(11)12)6(14-8)4-2-1-3-13-4/h1-3H,(H2,9,10)(H,11,12). The predicted octanol–water partition coefficient (Wildman–Crippen LogP) is 2.15. The molecule has 2 rings (SSSR count). The Morgan fingerprint density at radius 3 is 2.93 bits per heavy atom. The summed E-state index contributed by atoms with van der Waals surface area (Å²) in [6.07, 6.45) is 0. The zero-order valence-electron chi connectivity index (χ0n) is 6.93. The van der Waals surface area contributed by atoms with E-state index in [0.717, 1.165) is 4.88 Å². The molecule has 6 heteroatoms. The minimum absolute atomic E-state index is 0.0370. The Balaban J connectivity index is 2.58. The maximum absolute atomic E-state index is 10.8. The quantitative estimate of drug-likeness (QED) is 0.822. The highest BCUT2D eigenvalue weighted by atomic mass is 32.1. The number of carbonyl (C=O) groups is 1. The highest BCUT2D eigenvalue weighted by Gasteiger charge is 2.17. The topological polar surface area (TPSA) is 76.2 Å². The summed E-state index contributed by atoms with van der Waals surface area (Å²) in [5.74, 6) is -1.04. The van der Waals surface area contributed by atoms with E-state index in [2.05, 4.69) is 4.98 Å². The molecule has 0 spiro atoms. The molecule has 4 nitrogen and oxygen atoms in total. The Kier molecular flexibility index (Phi) is 2.22. The molecule has 3 N–H and O–H groups in total. The Morgan fingerprint density at radius 2 is 2.36 bits per heavy atom. The summed E-state index contributed by atoms with van der Waals surface area (Å²) in [4.78, 5) is 16.1. The number of carboxylic acid groups (broad SMARTS) is 1. The Morgan fingerprint density at radius 1 is 1.57 bits per heavy atom. The van der Waals surface area contributed by atoms with Gasteiger partial charge < -0.3 is 10.8 Å². The van der Waals surface area contributed by atoms with Crippen molar-refractivity contribution in [3.8, 4) is 9.75 Å². The van der Waals surface area contributed by atoms with E-state index < -0.39 is 5.97 Å². The van der Waals surface area contributed by atoms with Gasteiger partial charge in [-0.25, -0.2) is 9.78 Å². The summed E-state index contributed by atoms with van der Waals surface area (Å²) in [6, 6.07) is 3.71. The molecule has 0 bridgehead atoms. The number of nitrogens with two attached hydrogens (primary N) is 1. The van der Waals surface area contributed by atoms with E-state index >= 15 is 0 Å². The van der Waals surface area contributed by atoms with E-state index in [-0.39, 0.29) is 10.8 Å². The van der Waals surface area contributed by atoms with Crippen LogP contribution in [0.4, 0.5) is 5.13 Å². The zero-order valence-corrected chi connectivity index (χ0v) is 8.56. The lowest BCUT2D eigenvalue weighted by atomic mass is 10.3. The van der Waals surface area contributed by atoms with Gasteiger partial charge in [0, 0.05) is 4.88 Å². The van der Waals surface area contributed by atoms with E-state index in [1.807, 2.05) is 17.5 Å². The van der Waals surface area contributed by atoms with Gasteiger partial charge in [-0.3, -0.25) is 0 Å². The van der Waals surface area contributed by atoms with Crippen LogP contribution in [0.3, 0.4) is 0 Å². The van der Waals surface area contributed by atoms with Crippen molar-refractivity contribution in [2.24, 2.45) is 0 Å². The minimum Gasteiger partial charge on any atom is -0.476 e. The number of anilines is 1. The summed E-state index contributed by atoms with van der Waals surface area (Å²) in [6.45, 7) is 0. The molecule has 0 amide bonds. The van der Waals surface area contributed by atoms with E-state index in [1.54, 1.807) is 0 Å². The summed E-state index contributed by atoms with van der Waals surface area (Å²) in [5, 5.41) is 11.0. The molecule has 0 atom stereocenters. The number of hydrogen-bond acceptors (Lipinski definition) is 5. The zero-order chi connectivity index (χ0) is 10.1. The minimum atomic E-state index is -1.04. The van der Waals surface area contributed by atoms with Crippen LogP contribution >= 0.6 is 22.7 Å².